The molecule has 1 N–H and O–H groups in total. The van der Waals surface area contributed by atoms with Gasteiger partial charge in [-0.25, -0.2) is 0 Å². The predicted octanol–water partition coefficient (Wildman–Crippen LogP) is 3.77. The molecule has 2 heterocycles. The van der Waals surface area contributed by atoms with Crippen molar-refractivity contribution in [3.8, 4) is 11.4 Å². The zero-order valence-electron chi connectivity index (χ0n) is 16.7. The molecular formula is C22H27N3O3. The van der Waals surface area contributed by atoms with Gasteiger partial charge in [-0.2, -0.15) is 0 Å². The largest absolute Gasteiger partial charge is 0.505 e. The number of aryl methyl sites for hydroxylation is 1. The summed E-state index contributed by atoms with van der Waals surface area (Å²) < 4.78 is 10.8. The average Bonchev–Trinajstić information content (AvgIpc) is 3.37. The number of epoxide rings is 1. The third-order valence-electron chi connectivity index (χ3n) is 4.92. The first kappa shape index (κ1) is 18.9. The molecule has 1 unspecified atom stereocenters. The molecule has 6 nitrogen and oxygen atoms in total. The van der Waals surface area contributed by atoms with Gasteiger partial charge in [0.15, 0.2) is 0 Å². The number of nitrogens with zero attached hydrogens (tertiary/aromatic N) is 3. The minimum Gasteiger partial charge on any atom is -0.505 e. The second-order valence-electron chi connectivity index (χ2n) is 8.37. The van der Waals surface area contributed by atoms with E-state index in [2.05, 4.69) is 37.0 Å². The number of hydrogen-bond donors (Lipinski definition) is 1. The van der Waals surface area contributed by atoms with Crippen molar-refractivity contribution in [1.82, 2.24) is 15.0 Å². The van der Waals surface area contributed by atoms with E-state index in [4.69, 9.17) is 9.47 Å². The molecule has 1 aliphatic heterocycles. The van der Waals surface area contributed by atoms with E-state index < -0.39 is 0 Å². The molecule has 148 valence electrons. The molecule has 1 atom stereocenters. The van der Waals surface area contributed by atoms with E-state index in [0.717, 1.165) is 41.6 Å². The maximum absolute atomic E-state index is 11.0. The van der Waals surface area contributed by atoms with Crippen LogP contribution in [-0.2, 0) is 21.3 Å². The zero-order valence-corrected chi connectivity index (χ0v) is 16.7. The van der Waals surface area contributed by atoms with Crippen molar-refractivity contribution in [2.24, 2.45) is 0 Å². The van der Waals surface area contributed by atoms with Crippen LogP contribution in [0.1, 0.15) is 38.3 Å². The maximum atomic E-state index is 11.0. The summed E-state index contributed by atoms with van der Waals surface area (Å²) in [6.07, 6.45) is 2.07. The molecule has 2 aromatic carbocycles. The molecule has 1 fully saturated rings. The number of aromatic hydroxyl groups is 1. The van der Waals surface area contributed by atoms with E-state index in [0.29, 0.717) is 25.0 Å². The van der Waals surface area contributed by atoms with Gasteiger partial charge in [0.05, 0.1) is 13.2 Å². The highest BCUT2D eigenvalue weighted by Gasteiger charge is 2.24. The number of hydrogen-bond acceptors (Lipinski definition) is 5. The van der Waals surface area contributed by atoms with Crippen molar-refractivity contribution in [3.05, 3.63) is 47.5 Å². The van der Waals surface area contributed by atoms with Gasteiger partial charge in [-0.1, -0.05) is 39.0 Å². The van der Waals surface area contributed by atoms with Gasteiger partial charge in [-0.05, 0) is 42.0 Å². The number of benzene rings is 2. The Kier molecular flexibility index (Phi) is 5.08. The molecule has 0 bridgehead atoms. The second kappa shape index (κ2) is 7.53. The summed E-state index contributed by atoms with van der Waals surface area (Å²) in [6, 6.07) is 11.8. The molecule has 4 rings (SSSR count). The monoisotopic (exact) mass is 381 g/mol. The molecule has 1 aliphatic rings. The van der Waals surface area contributed by atoms with E-state index in [-0.39, 0.29) is 11.2 Å². The van der Waals surface area contributed by atoms with Crippen LogP contribution >= 0.6 is 0 Å². The summed E-state index contributed by atoms with van der Waals surface area (Å²) in [6.45, 7) is 8.49. The highest BCUT2D eigenvalue weighted by molar-refractivity contribution is 5.73. The Morgan fingerprint density at radius 1 is 1.18 bits per heavy atom. The first-order valence-electron chi connectivity index (χ1n) is 9.80. The van der Waals surface area contributed by atoms with Crippen LogP contribution in [0.3, 0.4) is 0 Å². The SMILES string of the molecule is CC(C)(C)c1cc(CCCOCC2CO2)cc(-n2nc3ccccc3n2)c1O. The summed E-state index contributed by atoms with van der Waals surface area (Å²) in [5, 5.41) is 20.1. The minimum atomic E-state index is -0.193. The van der Waals surface area contributed by atoms with E-state index in [1.807, 2.05) is 30.3 Å². The summed E-state index contributed by atoms with van der Waals surface area (Å²) in [7, 11) is 0. The van der Waals surface area contributed by atoms with Crippen LogP contribution in [0.4, 0.5) is 0 Å². The zero-order chi connectivity index (χ0) is 19.7. The van der Waals surface area contributed by atoms with Gasteiger partial charge in [0, 0.05) is 12.2 Å². The van der Waals surface area contributed by atoms with Gasteiger partial charge >= 0.3 is 0 Å². The standard InChI is InChI=1S/C22H27N3O3/c1-22(2,3)17-11-15(7-6-10-27-13-16-14-28-16)12-20(21(17)26)25-23-18-8-4-5-9-19(18)24-25/h4-5,8-9,11-12,16,26H,6-7,10,13-14H2,1-3H3. The molecule has 0 aliphatic carbocycles. The molecule has 1 saturated heterocycles. The lowest BCUT2D eigenvalue weighted by Gasteiger charge is -2.23. The van der Waals surface area contributed by atoms with Crippen LogP contribution in [0.5, 0.6) is 5.75 Å². The lowest BCUT2D eigenvalue weighted by molar-refractivity contribution is 0.114. The third-order valence-corrected chi connectivity index (χ3v) is 4.92. The molecule has 6 heteroatoms. The molecule has 0 spiro atoms. The number of fused-ring (bicyclic) bond motifs is 1. The molecule has 28 heavy (non-hydrogen) atoms. The Morgan fingerprint density at radius 2 is 1.86 bits per heavy atom. The van der Waals surface area contributed by atoms with Gasteiger partial charge in [-0.3, -0.25) is 0 Å². The fraction of sp³-hybridized carbons (Fsp3) is 0.455. The van der Waals surface area contributed by atoms with Gasteiger partial charge in [0.25, 0.3) is 0 Å². The number of ether oxygens (including phenoxy) is 2. The molecule has 0 saturated carbocycles. The smallest absolute Gasteiger partial charge is 0.146 e. The van der Waals surface area contributed by atoms with Gasteiger partial charge < -0.3 is 14.6 Å². The highest BCUT2D eigenvalue weighted by Crippen LogP contribution is 2.36. The summed E-state index contributed by atoms with van der Waals surface area (Å²) >= 11 is 0. The van der Waals surface area contributed by atoms with Crippen molar-refractivity contribution in [1.29, 1.82) is 0 Å². The summed E-state index contributed by atoms with van der Waals surface area (Å²) in [5.41, 5.74) is 4.08. The second-order valence-corrected chi connectivity index (χ2v) is 8.37. The van der Waals surface area contributed by atoms with Gasteiger partial charge in [-0.15, -0.1) is 15.0 Å². The Morgan fingerprint density at radius 3 is 2.46 bits per heavy atom. The van der Waals surface area contributed by atoms with Crippen molar-refractivity contribution < 1.29 is 14.6 Å². The Bertz CT molecular complexity index is 938. The highest BCUT2D eigenvalue weighted by atomic mass is 16.6. The van der Waals surface area contributed by atoms with E-state index >= 15 is 0 Å². The van der Waals surface area contributed by atoms with Crippen molar-refractivity contribution in [2.75, 3.05) is 19.8 Å². The number of phenolic OH excluding ortho intramolecular Hbond substituents is 1. The Hall–Kier alpha value is -2.44. The lowest BCUT2D eigenvalue weighted by atomic mass is 9.84. The molecule has 3 aromatic rings. The summed E-state index contributed by atoms with van der Waals surface area (Å²) in [5.74, 6) is 0.235. The third kappa shape index (κ3) is 4.18. The van der Waals surface area contributed by atoms with Crippen LogP contribution < -0.4 is 0 Å². The van der Waals surface area contributed by atoms with Crippen LogP contribution in [0.15, 0.2) is 36.4 Å². The molecular weight excluding hydrogens is 354 g/mol. The minimum absolute atomic E-state index is 0.193. The fourth-order valence-electron chi connectivity index (χ4n) is 3.27. The molecule has 1 aromatic heterocycles. The maximum Gasteiger partial charge on any atom is 0.146 e. The van der Waals surface area contributed by atoms with Crippen LogP contribution in [0.2, 0.25) is 0 Å². The topological polar surface area (TPSA) is 72.7 Å². The number of rotatable bonds is 7. The van der Waals surface area contributed by atoms with Gasteiger partial charge in [0.2, 0.25) is 0 Å². The van der Waals surface area contributed by atoms with Crippen molar-refractivity contribution >= 4 is 11.0 Å². The van der Waals surface area contributed by atoms with Crippen molar-refractivity contribution in [3.63, 3.8) is 0 Å². The van der Waals surface area contributed by atoms with E-state index in [1.54, 1.807) is 4.80 Å². The molecule has 0 radical (unpaired) electrons. The predicted molar refractivity (Wildman–Crippen MR) is 108 cm³/mol. The van der Waals surface area contributed by atoms with E-state index in [1.165, 1.54) is 0 Å². The van der Waals surface area contributed by atoms with Crippen LogP contribution in [0.25, 0.3) is 16.7 Å². The van der Waals surface area contributed by atoms with Crippen LogP contribution in [-0.4, -0.2) is 46.0 Å². The van der Waals surface area contributed by atoms with Gasteiger partial charge in [0.1, 0.15) is 28.6 Å². The quantitative estimate of drug-likeness (QED) is 0.498. The first-order valence-corrected chi connectivity index (χ1v) is 9.80. The normalized spacial score (nSPS) is 16.6. The lowest BCUT2D eigenvalue weighted by Crippen LogP contribution is -2.14. The Labute approximate surface area is 165 Å². The number of phenols is 1. The van der Waals surface area contributed by atoms with E-state index in [9.17, 15) is 5.11 Å². The van der Waals surface area contributed by atoms with Crippen LogP contribution in [0, 0.1) is 0 Å². The fourth-order valence-corrected chi connectivity index (χ4v) is 3.27. The van der Waals surface area contributed by atoms with Crippen molar-refractivity contribution in [2.45, 2.75) is 45.1 Å². The number of aromatic nitrogens is 3. The Balaban J connectivity index is 1.61. The molecule has 0 amide bonds. The summed E-state index contributed by atoms with van der Waals surface area (Å²) in [4.78, 5) is 1.54. The average molecular weight is 381 g/mol. The first-order chi connectivity index (χ1) is 13.4.